The van der Waals surface area contributed by atoms with Crippen molar-refractivity contribution in [1.29, 1.82) is 0 Å². The summed E-state index contributed by atoms with van der Waals surface area (Å²) in [5.41, 5.74) is 0.0976. The van der Waals surface area contributed by atoms with Crippen LogP contribution >= 0.6 is 11.8 Å². The van der Waals surface area contributed by atoms with Crippen LogP contribution in [-0.2, 0) is 9.16 Å². The summed E-state index contributed by atoms with van der Waals surface area (Å²) in [5.74, 6) is 0. The topological polar surface area (TPSA) is 18.5 Å². The molecule has 2 atom stereocenters. The molecule has 1 aliphatic rings. The van der Waals surface area contributed by atoms with Crippen LogP contribution in [-0.4, -0.2) is 26.5 Å². The molecule has 0 amide bonds. The Morgan fingerprint density at radius 3 is 2.43 bits per heavy atom. The second kappa shape index (κ2) is 6.69. The summed E-state index contributed by atoms with van der Waals surface area (Å²) < 4.78 is 12.3. The first-order chi connectivity index (χ1) is 9.78. The van der Waals surface area contributed by atoms with Gasteiger partial charge in [-0.2, -0.15) is 0 Å². The van der Waals surface area contributed by atoms with Crippen molar-refractivity contribution in [2.24, 2.45) is 0 Å². The van der Waals surface area contributed by atoms with Gasteiger partial charge >= 0.3 is 0 Å². The van der Waals surface area contributed by atoms with Crippen molar-refractivity contribution in [1.82, 2.24) is 0 Å². The van der Waals surface area contributed by atoms with E-state index in [1.54, 1.807) is 11.8 Å². The number of rotatable bonds is 5. The van der Waals surface area contributed by atoms with Crippen LogP contribution in [0.3, 0.4) is 0 Å². The maximum Gasteiger partial charge on any atom is 0.192 e. The second-order valence-electron chi connectivity index (χ2n) is 6.93. The minimum atomic E-state index is -1.69. The molecular weight excluding hydrogens is 296 g/mol. The Labute approximate surface area is 134 Å². The van der Waals surface area contributed by atoms with Crippen LogP contribution in [0.25, 0.3) is 0 Å². The van der Waals surface area contributed by atoms with Crippen LogP contribution in [0.15, 0.2) is 47.4 Å². The third-order valence-electron chi connectivity index (χ3n) is 4.20. The smallest absolute Gasteiger partial charge is 0.192 e. The zero-order valence-electron chi connectivity index (χ0n) is 13.6. The van der Waals surface area contributed by atoms with E-state index in [1.807, 2.05) is 6.07 Å². The molecule has 1 aromatic rings. The Morgan fingerprint density at radius 2 is 1.81 bits per heavy atom. The SMILES string of the molecule is CC(C)(C)[Si](C)(C)OC[C@@H]1C=C[C@H](Sc2ccccc2)O1. The molecule has 0 radical (unpaired) electrons. The minimum Gasteiger partial charge on any atom is -0.414 e. The van der Waals surface area contributed by atoms with Gasteiger partial charge in [0.2, 0.25) is 0 Å². The van der Waals surface area contributed by atoms with Gasteiger partial charge in [0.15, 0.2) is 8.32 Å². The van der Waals surface area contributed by atoms with Crippen LogP contribution in [0.2, 0.25) is 18.1 Å². The van der Waals surface area contributed by atoms with Crippen molar-refractivity contribution in [2.75, 3.05) is 6.61 Å². The van der Waals surface area contributed by atoms with Crippen molar-refractivity contribution >= 4 is 20.1 Å². The third-order valence-corrected chi connectivity index (χ3v) is 9.75. The summed E-state index contributed by atoms with van der Waals surface area (Å²) in [6.07, 6.45) is 4.35. The van der Waals surface area contributed by atoms with Crippen molar-refractivity contribution in [2.45, 2.75) is 55.3 Å². The van der Waals surface area contributed by atoms with Gasteiger partial charge in [-0.3, -0.25) is 0 Å². The fourth-order valence-electron chi connectivity index (χ4n) is 1.78. The third kappa shape index (κ3) is 4.71. The van der Waals surface area contributed by atoms with Crippen LogP contribution < -0.4 is 0 Å². The van der Waals surface area contributed by atoms with E-state index in [4.69, 9.17) is 9.16 Å². The molecule has 1 aliphatic heterocycles. The van der Waals surface area contributed by atoms with Gasteiger partial charge in [0.1, 0.15) is 5.44 Å². The molecule has 4 heteroatoms. The van der Waals surface area contributed by atoms with Crippen LogP contribution in [0, 0.1) is 0 Å². The highest BCUT2D eigenvalue weighted by Gasteiger charge is 2.38. The Kier molecular flexibility index (Phi) is 5.36. The predicted octanol–water partition coefficient (Wildman–Crippen LogP) is 5.08. The van der Waals surface area contributed by atoms with Crippen molar-refractivity contribution in [3.05, 3.63) is 42.5 Å². The lowest BCUT2D eigenvalue weighted by Crippen LogP contribution is -2.42. The van der Waals surface area contributed by atoms with Gasteiger partial charge in [-0.15, -0.1) is 0 Å². The Morgan fingerprint density at radius 1 is 1.14 bits per heavy atom. The average molecular weight is 323 g/mol. The van der Waals surface area contributed by atoms with Crippen LogP contribution in [0.5, 0.6) is 0 Å². The molecule has 0 fully saturated rings. The van der Waals surface area contributed by atoms with E-state index < -0.39 is 8.32 Å². The lowest BCUT2D eigenvalue weighted by molar-refractivity contribution is 0.0648. The Hall–Kier alpha value is -0.553. The van der Waals surface area contributed by atoms with E-state index in [0.717, 1.165) is 0 Å². The highest BCUT2D eigenvalue weighted by Crippen LogP contribution is 2.37. The molecule has 2 nitrogen and oxygen atoms in total. The summed E-state index contributed by atoms with van der Waals surface area (Å²) in [5, 5.41) is 0.244. The lowest BCUT2D eigenvalue weighted by atomic mass is 10.2. The van der Waals surface area contributed by atoms with Gasteiger partial charge in [-0.25, -0.2) is 0 Å². The number of hydrogen-bond acceptors (Lipinski definition) is 3. The molecule has 0 bridgehead atoms. The molecule has 0 aromatic heterocycles. The van der Waals surface area contributed by atoms with Gasteiger partial charge in [0.25, 0.3) is 0 Å². The largest absolute Gasteiger partial charge is 0.414 e. The summed E-state index contributed by atoms with van der Waals surface area (Å²) in [6, 6.07) is 10.4. The quantitative estimate of drug-likeness (QED) is 0.556. The molecule has 0 aliphatic carbocycles. The standard InChI is InChI=1S/C17H26O2SSi/c1-17(2,3)21(4,5)18-13-14-11-12-16(19-14)20-15-9-7-6-8-10-15/h6-12,14,16H,13H2,1-5H3/t14-,16-/m0/s1. The van der Waals surface area contributed by atoms with E-state index in [2.05, 4.69) is 70.3 Å². The summed E-state index contributed by atoms with van der Waals surface area (Å²) in [7, 11) is -1.69. The minimum absolute atomic E-state index is 0.0836. The van der Waals surface area contributed by atoms with E-state index in [0.29, 0.717) is 6.61 Å². The number of thioether (sulfide) groups is 1. The maximum atomic E-state index is 6.23. The molecule has 0 spiro atoms. The molecule has 0 unspecified atom stereocenters. The van der Waals surface area contributed by atoms with E-state index in [1.165, 1.54) is 4.90 Å². The molecule has 1 heterocycles. The van der Waals surface area contributed by atoms with E-state index in [9.17, 15) is 0 Å². The number of benzene rings is 1. The fourth-order valence-corrected chi connectivity index (χ4v) is 3.74. The summed E-state index contributed by atoms with van der Waals surface area (Å²) in [6.45, 7) is 12.0. The van der Waals surface area contributed by atoms with Crippen LogP contribution in [0.1, 0.15) is 20.8 Å². The number of ether oxygens (including phenoxy) is 1. The monoisotopic (exact) mass is 322 g/mol. The lowest BCUT2D eigenvalue weighted by Gasteiger charge is -2.36. The Balaban J connectivity index is 1.80. The highest BCUT2D eigenvalue weighted by atomic mass is 32.2. The van der Waals surface area contributed by atoms with Gasteiger partial charge in [0.05, 0.1) is 12.7 Å². The first kappa shape index (κ1) is 16.8. The van der Waals surface area contributed by atoms with Crippen LogP contribution in [0.4, 0.5) is 0 Å². The Bertz CT molecular complexity index is 479. The van der Waals surface area contributed by atoms with E-state index in [-0.39, 0.29) is 16.6 Å². The van der Waals surface area contributed by atoms with Gasteiger partial charge in [0, 0.05) is 4.90 Å². The maximum absolute atomic E-state index is 6.23. The zero-order valence-corrected chi connectivity index (χ0v) is 15.4. The predicted molar refractivity (Wildman–Crippen MR) is 93.2 cm³/mol. The first-order valence-corrected chi connectivity index (χ1v) is 11.3. The molecule has 0 saturated heterocycles. The van der Waals surface area contributed by atoms with Gasteiger partial charge in [-0.1, -0.05) is 56.8 Å². The van der Waals surface area contributed by atoms with Crippen molar-refractivity contribution < 1.29 is 9.16 Å². The molecule has 116 valence electrons. The normalized spacial score (nSPS) is 22.7. The fraction of sp³-hybridized carbons (Fsp3) is 0.529. The highest BCUT2D eigenvalue weighted by molar-refractivity contribution is 8.00. The van der Waals surface area contributed by atoms with Crippen molar-refractivity contribution in [3.63, 3.8) is 0 Å². The molecular formula is C17H26O2SSi. The van der Waals surface area contributed by atoms with E-state index >= 15 is 0 Å². The zero-order chi connectivity index (χ0) is 15.5. The second-order valence-corrected chi connectivity index (χ2v) is 12.9. The first-order valence-electron chi connectivity index (χ1n) is 7.47. The summed E-state index contributed by atoms with van der Waals surface area (Å²) >= 11 is 1.74. The summed E-state index contributed by atoms with van der Waals surface area (Å²) in [4.78, 5) is 1.23. The van der Waals surface area contributed by atoms with Crippen molar-refractivity contribution in [3.8, 4) is 0 Å². The molecule has 0 N–H and O–H groups in total. The van der Waals surface area contributed by atoms with Gasteiger partial charge in [-0.05, 0) is 36.3 Å². The molecule has 2 rings (SSSR count). The molecule has 0 saturated carbocycles. The number of hydrogen-bond donors (Lipinski definition) is 0. The van der Waals surface area contributed by atoms with Gasteiger partial charge < -0.3 is 9.16 Å². The average Bonchev–Trinajstić information content (AvgIpc) is 2.84. The molecule has 1 aromatic carbocycles. The molecule has 21 heavy (non-hydrogen) atoms.